The van der Waals surface area contributed by atoms with Crippen LogP contribution in [-0.2, 0) is 6.42 Å². The Labute approximate surface area is 111 Å². The molecule has 1 aliphatic rings. The van der Waals surface area contributed by atoms with Crippen molar-refractivity contribution in [1.82, 2.24) is 0 Å². The first kappa shape index (κ1) is 11.5. The quantitative estimate of drug-likeness (QED) is 0.792. The Bertz CT molecular complexity index is 575. The van der Waals surface area contributed by atoms with Gasteiger partial charge in [-0.1, -0.05) is 36.0 Å². The second kappa shape index (κ2) is 4.99. The van der Waals surface area contributed by atoms with Gasteiger partial charge in [-0.15, -0.1) is 0 Å². The highest BCUT2D eigenvalue weighted by Gasteiger charge is 2.17. The summed E-state index contributed by atoms with van der Waals surface area (Å²) in [6.45, 7) is 0. The van der Waals surface area contributed by atoms with Crippen LogP contribution < -0.4 is 0 Å². The second-order valence-corrected chi connectivity index (χ2v) is 5.66. The molecule has 18 heavy (non-hydrogen) atoms. The van der Waals surface area contributed by atoms with Crippen LogP contribution in [0.25, 0.3) is 0 Å². The summed E-state index contributed by atoms with van der Waals surface area (Å²) < 4.78 is 0. The van der Waals surface area contributed by atoms with Crippen LogP contribution in [0.15, 0.2) is 58.3 Å². The normalized spacial score (nSPS) is 14.3. The molecule has 0 aliphatic heterocycles. The van der Waals surface area contributed by atoms with Gasteiger partial charge in [0, 0.05) is 21.8 Å². The van der Waals surface area contributed by atoms with Crippen LogP contribution in [0.5, 0.6) is 0 Å². The van der Waals surface area contributed by atoms with Gasteiger partial charge >= 0.3 is 0 Å². The number of rotatable bonds is 2. The van der Waals surface area contributed by atoms with E-state index in [1.165, 1.54) is 10.5 Å². The predicted molar refractivity (Wildman–Crippen MR) is 74.3 cm³/mol. The molecule has 0 saturated heterocycles. The number of benzene rings is 2. The van der Waals surface area contributed by atoms with Crippen LogP contribution in [-0.4, -0.2) is 5.78 Å². The fraction of sp³-hybridized carbons (Fsp3) is 0.188. The van der Waals surface area contributed by atoms with E-state index < -0.39 is 0 Å². The average molecular weight is 254 g/mol. The van der Waals surface area contributed by atoms with E-state index in [0.29, 0.717) is 12.2 Å². The van der Waals surface area contributed by atoms with Crippen molar-refractivity contribution >= 4 is 17.5 Å². The molecule has 0 N–H and O–H groups in total. The molecule has 2 aromatic carbocycles. The van der Waals surface area contributed by atoms with Crippen molar-refractivity contribution in [3.63, 3.8) is 0 Å². The third kappa shape index (κ3) is 2.34. The summed E-state index contributed by atoms with van der Waals surface area (Å²) in [5, 5.41) is 0. The third-order valence-corrected chi connectivity index (χ3v) is 4.21. The van der Waals surface area contributed by atoms with E-state index in [0.717, 1.165) is 23.3 Å². The lowest BCUT2D eigenvalue weighted by atomic mass is 9.91. The van der Waals surface area contributed by atoms with Gasteiger partial charge in [-0.3, -0.25) is 4.79 Å². The minimum atomic E-state index is 0.298. The molecule has 0 saturated carbocycles. The molecule has 0 unspecified atom stereocenters. The number of aryl methyl sites for hydroxylation is 1. The first-order valence-corrected chi connectivity index (χ1v) is 7.03. The van der Waals surface area contributed by atoms with Crippen LogP contribution in [0.1, 0.15) is 28.8 Å². The summed E-state index contributed by atoms with van der Waals surface area (Å²) >= 11 is 1.71. The van der Waals surface area contributed by atoms with Crippen molar-refractivity contribution in [3.8, 4) is 0 Å². The third-order valence-electron chi connectivity index (χ3n) is 3.21. The van der Waals surface area contributed by atoms with E-state index in [1.807, 2.05) is 18.2 Å². The molecule has 2 aromatic rings. The van der Waals surface area contributed by atoms with Gasteiger partial charge in [-0.2, -0.15) is 0 Å². The van der Waals surface area contributed by atoms with Gasteiger partial charge in [0.15, 0.2) is 5.78 Å². The van der Waals surface area contributed by atoms with Crippen molar-refractivity contribution in [2.45, 2.75) is 29.1 Å². The van der Waals surface area contributed by atoms with E-state index in [4.69, 9.17) is 0 Å². The Morgan fingerprint density at radius 1 is 0.889 bits per heavy atom. The maximum Gasteiger partial charge on any atom is 0.163 e. The van der Waals surface area contributed by atoms with Crippen molar-refractivity contribution in [3.05, 3.63) is 59.7 Å². The number of Topliss-reactive ketones (excluding diaryl/α,β-unsaturated/α-hetero) is 1. The molecule has 1 nitrogen and oxygen atoms in total. The zero-order valence-corrected chi connectivity index (χ0v) is 10.9. The van der Waals surface area contributed by atoms with Crippen LogP contribution in [0.2, 0.25) is 0 Å². The zero-order valence-electron chi connectivity index (χ0n) is 10.1. The van der Waals surface area contributed by atoms with Crippen LogP contribution in [0, 0.1) is 0 Å². The van der Waals surface area contributed by atoms with Gasteiger partial charge in [-0.25, -0.2) is 0 Å². The number of hydrogen-bond donors (Lipinski definition) is 0. The molecule has 0 atom stereocenters. The first-order valence-electron chi connectivity index (χ1n) is 6.22. The highest BCUT2D eigenvalue weighted by atomic mass is 32.2. The topological polar surface area (TPSA) is 17.1 Å². The molecule has 0 fully saturated rings. The van der Waals surface area contributed by atoms with Crippen LogP contribution >= 0.6 is 11.8 Å². The molecular formula is C16H14OS. The van der Waals surface area contributed by atoms with Gasteiger partial charge in [-0.05, 0) is 42.7 Å². The summed E-state index contributed by atoms with van der Waals surface area (Å²) in [6, 6.07) is 16.5. The van der Waals surface area contributed by atoms with Gasteiger partial charge in [0.25, 0.3) is 0 Å². The summed E-state index contributed by atoms with van der Waals surface area (Å²) in [5.41, 5.74) is 2.14. The lowest BCUT2D eigenvalue weighted by molar-refractivity contribution is 0.0972. The van der Waals surface area contributed by atoms with E-state index in [-0.39, 0.29) is 0 Å². The second-order valence-electron chi connectivity index (χ2n) is 4.51. The minimum Gasteiger partial charge on any atom is -0.294 e. The van der Waals surface area contributed by atoms with Gasteiger partial charge < -0.3 is 0 Å². The Balaban J connectivity index is 1.90. The van der Waals surface area contributed by atoms with Gasteiger partial charge in [0.1, 0.15) is 0 Å². The van der Waals surface area contributed by atoms with Gasteiger partial charge in [0.2, 0.25) is 0 Å². The molecule has 0 spiro atoms. The fourth-order valence-corrected chi connectivity index (χ4v) is 3.17. The largest absolute Gasteiger partial charge is 0.294 e. The van der Waals surface area contributed by atoms with E-state index in [1.54, 1.807) is 11.8 Å². The Kier molecular flexibility index (Phi) is 3.20. The Morgan fingerprint density at radius 3 is 2.56 bits per heavy atom. The monoisotopic (exact) mass is 254 g/mol. The standard InChI is InChI=1S/C16H14OS/c17-16-8-4-5-12-9-10-14(11-15(12)16)18-13-6-2-1-3-7-13/h1-3,6-7,9-11H,4-5,8H2. The van der Waals surface area contributed by atoms with Crippen molar-refractivity contribution in [2.24, 2.45) is 0 Å². The Hall–Kier alpha value is -1.54. The average Bonchev–Trinajstić information content (AvgIpc) is 2.41. The summed E-state index contributed by atoms with van der Waals surface area (Å²) in [5.74, 6) is 0.298. The molecule has 0 bridgehead atoms. The summed E-state index contributed by atoms with van der Waals surface area (Å²) in [6.07, 6.45) is 2.74. The summed E-state index contributed by atoms with van der Waals surface area (Å²) in [4.78, 5) is 14.2. The molecule has 1 aliphatic carbocycles. The Morgan fingerprint density at radius 2 is 1.72 bits per heavy atom. The summed E-state index contributed by atoms with van der Waals surface area (Å²) in [7, 11) is 0. The van der Waals surface area contributed by atoms with Gasteiger partial charge in [0.05, 0.1) is 0 Å². The van der Waals surface area contributed by atoms with Crippen molar-refractivity contribution in [1.29, 1.82) is 0 Å². The highest BCUT2D eigenvalue weighted by molar-refractivity contribution is 7.99. The fourth-order valence-electron chi connectivity index (χ4n) is 2.30. The van der Waals surface area contributed by atoms with Crippen LogP contribution in [0.4, 0.5) is 0 Å². The predicted octanol–water partition coefficient (Wildman–Crippen LogP) is 4.36. The molecule has 0 aromatic heterocycles. The number of carbonyl (C=O) groups excluding carboxylic acids is 1. The molecule has 0 heterocycles. The number of carbonyl (C=O) groups is 1. The van der Waals surface area contributed by atoms with E-state index in [9.17, 15) is 4.79 Å². The lowest BCUT2D eigenvalue weighted by Gasteiger charge is -2.15. The molecule has 90 valence electrons. The highest BCUT2D eigenvalue weighted by Crippen LogP contribution is 2.31. The lowest BCUT2D eigenvalue weighted by Crippen LogP contribution is -2.10. The van der Waals surface area contributed by atoms with E-state index >= 15 is 0 Å². The molecule has 3 rings (SSSR count). The maximum absolute atomic E-state index is 11.9. The SMILES string of the molecule is O=C1CCCc2ccc(Sc3ccccc3)cc21. The molecule has 0 amide bonds. The number of fused-ring (bicyclic) bond motifs is 1. The van der Waals surface area contributed by atoms with E-state index in [2.05, 4.69) is 30.3 Å². The number of ketones is 1. The number of hydrogen-bond acceptors (Lipinski definition) is 2. The zero-order chi connectivity index (χ0) is 12.4. The molecular weight excluding hydrogens is 240 g/mol. The van der Waals surface area contributed by atoms with Crippen molar-refractivity contribution < 1.29 is 4.79 Å². The maximum atomic E-state index is 11.9. The minimum absolute atomic E-state index is 0.298. The molecule has 0 radical (unpaired) electrons. The molecule has 2 heteroatoms. The first-order chi connectivity index (χ1) is 8.83. The van der Waals surface area contributed by atoms with Crippen molar-refractivity contribution in [2.75, 3.05) is 0 Å². The smallest absolute Gasteiger partial charge is 0.163 e. The van der Waals surface area contributed by atoms with Crippen LogP contribution in [0.3, 0.4) is 0 Å².